The Morgan fingerprint density at radius 1 is 1.23 bits per heavy atom. The van der Waals surface area contributed by atoms with Gasteiger partial charge in [0.2, 0.25) is 5.95 Å². The summed E-state index contributed by atoms with van der Waals surface area (Å²) in [5.41, 5.74) is 1.09. The Balaban J connectivity index is 1.64. The molecule has 0 aromatic carbocycles. The van der Waals surface area contributed by atoms with Gasteiger partial charge in [-0.3, -0.25) is 4.90 Å². The van der Waals surface area contributed by atoms with Gasteiger partial charge in [-0.2, -0.15) is 4.98 Å². The number of hydrogen-bond acceptors (Lipinski definition) is 7. The highest BCUT2D eigenvalue weighted by Crippen LogP contribution is 2.24. The van der Waals surface area contributed by atoms with E-state index in [1.807, 2.05) is 19.0 Å². The van der Waals surface area contributed by atoms with Crippen molar-refractivity contribution in [2.45, 2.75) is 32.2 Å². The standard InChI is InChI=1S/C19H33N5O2/c1-4-16-11-18(21-19(20-16)22(2)3)23-7-5-17(6-8-23)24-9-10-26-14-15(12-24)13-25/h11,15,17,25H,4-10,12-14H2,1-3H3. The monoisotopic (exact) mass is 363 g/mol. The summed E-state index contributed by atoms with van der Waals surface area (Å²) < 4.78 is 5.64. The van der Waals surface area contributed by atoms with Gasteiger partial charge < -0.3 is 19.6 Å². The van der Waals surface area contributed by atoms with Gasteiger partial charge in [-0.05, 0) is 19.3 Å². The fraction of sp³-hybridized carbons (Fsp3) is 0.789. The zero-order chi connectivity index (χ0) is 18.5. The molecule has 2 saturated heterocycles. The molecule has 1 aromatic heterocycles. The number of aromatic nitrogens is 2. The molecule has 2 fully saturated rings. The van der Waals surface area contributed by atoms with Gasteiger partial charge in [-0.15, -0.1) is 0 Å². The minimum absolute atomic E-state index is 0.212. The SMILES string of the molecule is CCc1cc(N2CCC(N3CCOCC(CO)C3)CC2)nc(N(C)C)n1. The lowest BCUT2D eigenvalue weighted by molar-refractivity contribution is 0.0955. The molecule has 146 valence electrons. The predicted molar refractivity (Wildman–Crippen MR) is 104 cm³/mol. The molecule has 1 aromatic rings. The van der Waals surface area contributed by atoms with Crippen molar-refractivity contribution in [1.29, 1.82) is 0 Å². The van der Waals surface area contributed by atoms with Crippen LogP contribution in [0.1, 0.15) is 25.5 Å². The number of nitrogens with zero attached hydrogens (tertiary/aromatic N) is 5. The van der Waals surface area contributed by atoms with Crippen LogP contribution in [0.15, 0.2) is 6.07 Å². The zero-order valence-corrected chi connectivity index (χ0v) is 16.4. The molecular formula is C19H33N5O2. The molecule has 7 nitrogen and oxygen atoms in total. The largest absolute Gasteiger partial charge is 0.396 e. The molecule has 1 atom stereocenters. The van der Waals surface area contributed by atoms with E-state index in [0.717, 1.165) is 69.5 Å². The topological polar surface area (TPSA) is 65.0 Å². The van der Waals surface area contributed by atoms with Crippen molar-refractivity contribution in [1.82, 2.24) is 14.9 Å². The van der Waals surface area contributed by atoms with Gasteiger partial charge in [0.25, 0.3) is 0 Å². The summed E-state index contributed by atoms with van der Waals surface area (Å²) in [6.07, 6.45) is 3.17. The zero-order valence-electron chi connectivity index (χ0n) is 16.4. The number of aliphatic hydroxyl groups is 1. The van der Waals surface area contributed by atoms with Crippen LogP contribution in [0.4, 0.5) is 11.8 Å². The maximum absolute atomic E-state index is 9.51. The fourth-order valence-corrected chi connectivity index (χ4v) is 3.82. The molecule has 0 saturated carbocycles. The maximum atomic E-state index is 9.51. The third kappa shape index (κ3) is 4.64. The summed E-state index contributed by atoms with van der Waals surface area (Å²) in [4.78, 5) is 16.2. The van der Waals surface area contributed by atoms with Crippen LogP contribution in [-0.2, 0) is 11.2 Å². The fourth-order valence-electron chi connectivity index (χ4n) is 3.82. The van der Waals surface area contributed by atoms with Gasteiger partial charge in [0.15, 0.2) is 0 Å². The van der Waals surface area contributed by atoms with Crippen molar-refractivity contribution >= 4 is 11.8 Å². The van der Waals surface area contributed by atoms with Crippen LogP contribution in [0.2, 0.25) is 0 Å². The highest BCUT2D eigenvalue weighted by atomic mass is 16.5. The number of piperidine rings is 1. The molecule has 0 radical (unpaired) electrons. The Kier molecular flexibility index (Phi) is 6.67. The van der Waals surface area contributed by atoms with Crippen LogP contribution in [0, 0.1) is 5.92 Å². The molecule has 0 spiro atoms. The Bertz CT molecular complexity index is 575. The van der Waals surface area contributed by atoms with Gasteiger partial charge >= 0.3 is 0 Å². The molecule has 26 heavy (non-hydrogen) atoms. The third-order valence-electron chi connectivity index (χ3n) is 5.45. The van der Waals surface area contributed by atoms with E-state index in [1.165, 1.54) is 0 Å². The molecule has 1 N–H and O–H groups in total. The summed E-state index contributed by atoms with van der Waals surface area (Å²) in [6, 6.07) is 2.71. The first-order chi connectivity index (χ1) is 12.6. The number of aryl methyl sites for hydroxylation is 1. The van der Waals surface area contributed by atoms with Crippen LogP contribution in [0.25, 0.3) is 0 Å². The van der Waals surface area contributed by atoms with E-state index in [1.54, 1.807) is 0 Å². The number of rotatable bonds is 5. The molecule has 2 aliphatic heterocycles. The lowest BCUT2D eigenvalue weighted by atomic mass is 10.0. The van der Waals surface area contributed by atoms with Gasteiger partial charge in [-0.25, -0.2) is 4.98 Å². The van der Waals surface area contributed by atoms with E-state index in [9.17, 15) is 5.11 Å². The normalized spacial score (nSPS) is 23.1. The number of aliphatic hydroxyl groups excluding tert-OH is 1. The van der Waals surface area contributed by atoms with Crippen LogP contribution in [-0.4, -0.2) is 86.1 Å². The van der Waals surface area contributed by atoms with Crippen molar-refractivity contribution < 1.29 is 9.84 Å². The van der Waals surface area contributed by atoms with Crippen molar-refractivity contribution in [2.24, 2.45) is 5.92 Å². The van der Waals surface area contributed by atoms with Crippen LogP contribution in [0.3, 0.4) is 0 Å². The van der Waals surface area contributed by atoms with E-state index in [4.69, 9.17) is 9.72 Å². The summed E-state index contributed by atoms with van der Waals surface area (Å²) in [6.45, 7) is 7.74. The lowest BCUT2D eigenvalue weighted by Gasteiger charge is -2.39. The Hall–Kier alpha value is -1.44. The van der Waals surface area contributed by atoms with Crippen LogP contribution < -0.4 is 9.80 Å². The highest BCUT2D eigenvalue weighted by Gasteiger charge is 2.28. The first-order valence-corrected chi connectivity index (χ1v) is 9.83. The van der Waals surface area contributed by atoms with Gasteiger partial charge in [-0.1, -0.05) is 6.92 Å². The Labute approximate surface area is 157 Å². The Morgan fingerprint density at radius 2 is 2.00 bits per heavy atom. The smallest absolute Gasteiger partial charge is 0.227 e. The second kappa shape index (κ2) is 8.97. The molecule has 0 bridgehead atoms. The molecule has 0 aliphatic carbocycles. The van der Waals surface area contributed by atoms with Crippen molar-refractivity contribution in [3.63, 3.8) is 0 Å². The molecule has 0 amide bonds. The maximum Gasteiger partial charge on any atom is 0.227 e. The second-order valence-corrected chi connectivity index (χ2v) is 7.60. The molecule has 1 unspecified atom stereocenters. The van der Waals surface area contributed by atoms with Crippen molar-refractivity contribution in [3.8, 4) is 0 Å². The molecule has 7 heteroatoms. The van der Waals surface area contributed by atoms with Crippen LogP contribution >= 0.6 is 0 Å². The quantitative estimate of drug-likeness (QED) is 0.838. The second-order valence-electron chi connectivity index (χ2n) is 7.60. The van der Waals surface area contributed by atoms with E-state index in [0.29, 0.717) is 12.6 Å². The van der Waals surface area contributed by atoms with Gasteiger partial charge in [0, 0.05) is 70.6 Å². The number of ether oxygens (including phenoxy) is 1. The average Bonchev–Trinajstić information content (AvgIpc) is 2.93. The summed E-state index contributed by atoms with van der Waals surface area (Å²) in [5.74, 6) is 2.08. The van der Waals surface area contributed by atoms with Gasteiger partial charge in [0.05, 0.1) is 13.2 Å². The first kappa shape index (κ1) is 19.3. The summed E-state index contributed by atoms with van der Waals surface area (Å²) in [5, 5.41) is 9.51. The summed E-state index contributed by atoms with van der Waals surface area (Å²) in [7, 11) is 3.98. The van der Waals surface area contributed by atoms with E-state index in [2.05, 4.69) is 27.8 Å². The molecule has 3 heterocycles. The number of anilines is 2. The van der Waals surface area contributed by atoms with E-state index < -0.39 is 0 Å². The molecule has 2 aliphatic rings. The minimum Gasteiger partial charge on any atom is -0.396 e. The van der Waals surface area contributed by atoms with E-state index in [-0.39, 0.29) is 12.5 Å². The van der Waals surface area contributed by atoms with Crippen LogP contribution in [0.5, 0.6) is 0 Å². The average molecular weight is 364 g/mol. The van der Waals surface area contributed by atoms with Crippen molar-refractivity contribution in [3.05, 3.63) is 11.8 Å². The highest BCUT2D eigenvalue weighted by molar-refractivity contribution is 5.46. The molecule has 3 rings (SSSR count). The number of hydrogen-bond donors (Lipinski definition) is 1. The Morgan fingerprint density at radius 3 is 2.65 bits per heavy atom. The van der Waals surface area contributed by atoms with Gasteiger partial charge in [0.1, 0.15) is 5.82 Å². The first-order valence-electron chi connectivity index (χ1n) is 9.83. The lowest BCUT2D eigenvalue weighted by Crippen LogP contribution is -2.47. The summed E-state index contributed by atoms with van der Waals surface area (Å²) >= 11 is 0. The predicted octanol–water partition coefficient (Wildman–Crippen LogP) is 1.01. The van der Waals surface area contributed by atoms with Crippen molar-refractivity contribution in [2.75, 3.05) is 69.9 Å². The molecular weight excluding hydrogens is 330 g/mol. The third-order valence-corrected chi connectivity index (χ3v) is 5.45. The minimum atomic E-state index is 0.212. The van der Waals surface area contributed by atoms with E-state index >= 15 is 0 Å².